The topological polar surface area (TPSA) is 64.4 Å². The summed E-state index contributed by atoms with van der Waals surface area (Å²) in [6.07, 6.45) is 0.852. The summed E-state index contributed by atoms with van der Waals surface area (Å²) in [5, 5.41) is 1.11. The largest absolute Gasteiger partial charge is 0.385 e. The van der Waals surface area contributed by atoms with E-state index in [2.05, 4.69) is 4.74 Å². The highest BCUT2D eigenvalue weighted by Crippen LogP contribution is 2.32. The summed E-state index contributed by atoms with van der Waals surface area (Å²) >= 11 is 0. The van der Waals surface area contributed by atoms with Crippen molar-refractivity contribution < 1.29 is 9.53 Å². The Bertz CT molecular complexity index is 1290. The summed E-state index contributed by atoms with van der Waals surface area (Å²) in [5.41, 5.74) is 4.21. The summed E-state index contributed by atoms with van der Waals surface area (Å²) in [7, 11) is 5.48. The lowest BCUT2D eigenvalue weighted by molar-refractivity contribution is -0.108. The Labute approximate surface area is 188 Å². The van der Waals surface area contributed by atoms with Gasteiger partial charge < -0.3 is 19.0 Å². The predicted octanol–water partition coefficient (Wildman–Crippen LogP) is 4.44. The number of pyridine rings is 2. The lowest BCUT2D eigenvalue weighted by Gasteiger charge is -2.19. The number of hydrogen-bond acceptors (Lipinski definition) is 5. The molecule has 0 unspecified atom stereocenters. The van der Waals surface area contributed by atoms with Gasteiger partial charge in [-0.1, -0.05) is 36.4 Å². The van der Waals surface area contributed by atoms with E-state index in [0.717, 1.165) is 40.9 Å². The third kappa shape index (κ3) is 4.41. The molecular formula is C26H29N3O3. The maximum absolute atomic E-state index is 13.3. The fourth-order valence-electron chi connectivity index (χ4n) is 3.70. The van der Waals surface area contributed by atoms with Crippen LogP contribution in [0.4, 0.5) is 5.82 Å². The van der Waals surface area contributed by atoms with Gasteiger partial charge in [-0.05, 0) is 43.2 Å². The normalized spacial score (nSPS) is 10.7. The minimum absolute atomic E-state index is 0.0675. The van der Waals surface area contributed by atoms with Gasteiger partial charge in [-0.3, -0.25) is 4.79 Å². The zero-order valence-electron chi connectivity index (χ0n) is 19.3. The molecule has 6 heteroatoms. The molecule has 4 aromatic rings. The predicted molar refractivity (Wildman–Crippen MR) is 132 cm³/mol. The number of aryl methyl sites for hydroxylation is 1. The van der Waals surface area contributed by atoms with Crippen LogP contribution < -0.4 is 10.3 Å². The summed E-state index contributed by atoms with van der Waals surface area (Å²) in [6.45, 7) is 4.92. The SMILES string of the molecule is CCOC.Cc1ccc2c(=O)c3ccc(N(C)C)nc3n(CC=O)c2c1-c1ccccc1. The minimum Gasteiger partial charge on any atom is -0.385 e. The second-order valence-corrected chi connectivity index (χ2v) is 7.64. The molecule has 32 heavy (non-hydrogen) atoms. The first-order valence-corrected chi connectivity index (χ1v) is 10.6. The molecule has 0 saturated heterocycles. The zero-order chi connectivity index (χ0) is 23.3. The highest BCUT2D eigenvalue weighted by Gasteiger charge is 2.18. The van der Waals surface area contributed by atoms with Crippen molar-refractivity contribution in [3.05, 3.63) is 70.4 Å². The monoisotopic (exact) mass is 431 g/mol. The molecule has 166 valence electrons. The van der Waals surface area contributed by atoms with Gasteiger partial charge in [0.1, 0.15) is 17.8 Å². The quantitative estimate of drug-likeness (QED) is 0.345. The molecule has 4 rings (SSSR count). The first-order chi connectivity index (χ1) is 15.4. The number of carbonyl (C=O) groups excluding carboxylic acids is 1. The second kappa shape index (κ2) is 10.2. The van der Waals surface area contributed by atoms with Crippen LogP contribution in [-0.4, -0.2) is 43.6 Å². The molecular weight excluding hydrogens is 402 g/mol. The molecule has 0 bridgehead atoms. The van der Waals surface area contributed by atoms with Crippen LogP contribution in [0.2, 0.25) is 0 Å². The molecule has 2 heterocycles. The van der Waals surface area contributed by atoms with Crippen molar-refractivity contribution in [2.45, 2.75) is 20.4 Å². The second-order valence-electron chi connectivity index (χ2n) is 7.64. The van der Waals surface area contributed by atoms with Gasteiger partial charge in [0.25, 0.3) is 0 Å². The Kier molecular flexibility index (Phi) is 7.38. The molecule has 0 aliphatic heterocycles. The zero-order valence-corrected chi connectivity index (χ0v) is 19.3. The summed E-state index contributed by atoms with van der Waals surface area (Å²) in [4.78, 5) is 31.4. The van der Waals surface area contributed by atoms with Crippen LogP contribution in [0.15, 0.2) is 59.4 Å². The molecule has 0 saturated carbocycles. The van der Waals surface area contributed by atoms with Gasteiger partial charge in [-0.2, -0.15) is 0 Å². The van der Waals surface area contributed by atoms with Gasteiger partial charge in [0, 0.05) is 38.8 Å². The van der Waals surface area contributed by atoms with Crippen LogP contribution >= 0.6 is 0 Å². The van der Waals surface area contributed by atoms with E-state index >= 15 is 0 Å². The molecule has 0 fully saturated rings. The van der Waals surface area contributed by atoms with Crippen molar-refractivity contribution in [3.63, 3.8) is 0 Å². The fraction of sp³-hybridized carbons (Fsp3) is 0.269. The van der Waals surface area contributed by atoms with E-state index in [1.54, 1.807) is 13.2 Å². The van der Waals surface area contributed by atoms with Crippen molar-refractivity contribution in [1.29, 1.82) is 0 Å². The Morgan fingerprint density at radius 2 is 1.69 bits per heavy atom. The van der Waals surface area contributed by atoms with Crippen LogP contribution in [-0.2, 0) is 16.1 Å². The van der Waals surface area contributed by atoms with E-state index in [0.29, 0.717) is 16.4 Å². The van der Waals surface area contributed by atoms with Crippen LogP contribution in [0.5, 0.6) is 0 Å². The number of anilines is 1. The van der Waals surface area contributed by atoms with Crippen molar-refractivity contribution >= 4 is 34.0 Å². The van der Waals surface area contributed by atoms with Crippen LogP contribution in [0.1, 0.15) is 12.5 Å². The molecule has 2 aromatic heterocycles. The van der Waals surface area contributed by atoms with Crippen molar-refractivity contribution in [3.8, 4) is 11.1 Å². The number of rotatable bonds is 5. The Hall–Kier alpha value is -3.51. The molecule has 0 atom stereocenters. The fourth-order valence-corrected chi connectivity index (χ4v) is 3.70. The molecule has 0 spiro atoms. The number of nitrogens with zero attached hydrogens (tertiary/aromatic N) is 3. The number of ether oxygens (including phenoxy) is 1. The number of methoxy groups -OCH3 is 1. The Morgan fingerprint density at radius 3 is 2.28 bits per heavy atom. The van der Waals surface area contributed by atoms with E-state index in [1.165, 1.54) is 0 Å². The van der Waals surface area contributed by atoms with Gasteiger partial charge in [-0.25, -0.2) is 4.98 Å². The number of aromatic nitrogens is 2. The van der Waals surface area contributed by atoms with Crippen LogP contribution in [0, 0.1) is 6.92 Å². The number of fused-ring (bicyclic) bond motifs is 2. The van der Waals surface area contributed by atoms with E-state index in [9.17, 15) is 9.59 Å². The average molecular weight is 432 g/mol. The van der Waals surface area contributed by atoms with Gasteiger partial charge in [0.15, 0.2) is 5.43 Å². The van der Waals surface area contributed by atoms with E-state index in [4.69, 9.17) is 4.98 Å². The number of carbonyl (C=O) groups is 1. The lowest BCUT2D eigenvalue weighted by Crippen LogP contribution is -2.17. The molecule has 0 N–H and O–H groups in total. The number of benzene rings is 2. The third-order valence-corrected chi connectivity index (χ3v) is 5.33. The highest BCUT2D eigenvalue weighted by molar-refractivity contribution is 6.01. The third-order valence-electron chi connectivity index (χ3n) is 5.33. The number of hydrogen-bond donors (Lipinski definition) is 0. The first kappa shape index (κ1) is 23.2. The first-order valence-electron chi connectivity index (χ1n) is 10.6. The van der Waals surface area contributed by atoms with Crippen molar-refractivity contribution in [2.75, 3.05) is 32.7 Å². The van der Waals surface area contributed by atoms with E-state index in [-0.39, 0.29) is 12.0 Å². The molecule has 0 amide bonds. The lowest BCUT2D eigenvalue weighted by atomic mass is 9.96. The van der Waals surface area contributed by atoms with E-state index in [1.807, 2.05) is 85.9 Å². The van der Waals surface area contributed by atoms with Gasteiger partial charge >= 0.3 is 0 Å². The van der Waals surface area contributed by atoms with Crippen molar-refractivity contribution in [2.24, 2.45) is 0 Å². The Morgan fingerprint density at radius 1 is 1.03 bits per heavy atom. The van der Waals surface area contributed by atoms with E-state index < -0.39 is 0 Å². The smallest absolute Gasteiger partial charge is 0.198 e. The summed E-state index contributed by atoms with van der Waals surface area (Å²) < 4.78 is 6.40. The minimum atomic E-state index is -0.0675. The van der Waals surface area contributed by atoms with Crippen LogP contribution in [0.25, 0.3) is 33.1 Å². The molecule has 0 radical (unpaired) electrons. The number of aldehydes is 1. The highest BCUT2D eigenvalue weighted by atomic mass is 16.5. The Balaban J connectivity index is 0.000000668. The average Bonchev–Trinajstić information content (AvgIpc) is 2.81. The van der Waals surface area contributed by atoms with Crippen LogP contribution in [0.3, 0.4) is 0 Å². The summed E-state index contributed by atoms with van der Waals surface area (Å²) in [6, 6.07) is 17.4. The van der Waals surface area contributed by atoms with Crippen molar-refractivity contribution in [1.82, 2.24) is 9.55 Å². The molecule has 2 aromatic carbocycles. The van der Waals surface area contributed by atoms with Gasteiger partial charge in [0.2, 0.25) is 0 Å². The van der Waals surface area contributed by atoms with Gasteiger partial charge in [-0.15, -0.1) is 0 Å². The summed E-state index contributed by atoms with van der Waals surface area (Å²) in [5.74, 6) is 0.736. The van der Waals surface area contributed by atoms with Gasteiger partial charge in [0.05, 0.1) is 17.4 Å². The standard InChI is InChI=1S/C23H21N3O2.C3H8O/c1-15-9-10-17-21(20(15)16-7-5-4-6-8-16)26(13-14-27)23-18(22(17)28)11-12-19(24-23)25(2)3;1-3-4-2/h4-12,14H,13H2,1-3H3;3H2,1-2H3. The molecule has 6 nitrogen and oxygen atoms in total. The maximum Gasteiger partial charge on any atom is 0.198 e. The molecule has 0 aliphatic carbocycles. The molecule has 0 aliphatic rings. The maximum atomic E-state index is 13.3.